The summed E-state index contributed by atoms with van der Waals surface area (Å²) < 4.78 is 22.8. The number of hydrogen-bond donors (Lipinski definition) is 1. The summed E-state index contributed by atoms with van der Waals surface area (Å²) in [5.41, 5.74) is 0.878. The van der Waals surface area contributed by atoms with Gasteiger partial charge in [-0.2, -0.15) is 0 Å². The number of amides is 1. The van der Waals surface area contributed by atoms with Crippen molar-refractivity contribution in [3.05, 3.63) is 69.3 Å². The Morgan fingerprint density at radius 1 is 1.23 bits per heavy atom. The minimum atomic E-state index is -0.699. The number of benzene rings is 2. The Labute approximate surface area is 173 Å². The number of ether oxygens (including phenoxy) is 2. The lowest BCUT2D eigenvalue weighted by Crippen LogP contribution is -2.20. The number of nitro benzene ring substituents is 1. The van der Waals surface area contributed by atoms with Crippen molar-refractivity contribution in [3.8, 4) is 17.0 Å². The maximum Gasteiger partial charge on any atom is 0.337 e. The molecule has 2 aromatic carbocycles. The average molecular weight is 431 g/mol. The number of nitro groups is 1. The Kier molecular flexibility index (Phi) is 6.32. The van der Waals surface area contributed by atoms with Crippen LogP contribution < -0.4 is 10.1 Å². The molecule has 11 heteroatoms. The molecule has 9 nitrogen and oxygen atoms in total. The van der Waals surface area contributed by atoms with Crippen molar-refractivity contribution in [2.75, 3.05) is 19.0 Å². The molecule has 0 fully saturated rings. The fraction of sp³-hybridized carbons (Fsp3) is 0.105. The van der Waals surface area contributed by atoms with Gasteiger partial charge in [-0.25, -0.2) is 14.2 Å². The second-order valence-electron chi connectivity index (χ2n) is 5.81. The zero-order valence-electron chi connectivity index (χ0n) is 15.5. The fourth-order valence-corrected chi connectivity index (χ4v) is 3.14. The molecule has 30 heavy (non-hydrogen) atoms. The largest absolute Gasteiger partial charge is 0.477 e. The van der Waals surface area contributed by atoms with Crippen molar-refractivity contribution in [1.82, 2.24) is 4.98 Å². The van der Waals surface area contributed by atoms with Crippen molar-refractivity contribution in [2.24, 2.45) is 0 Å². The minimum Gasteiger partial charge on any atom is -0.477 e. The van der Waals surface area contributed by atoms with Crippen LogP contribution in [0.1, 0.15) is 10.4 Å². The highest BCUT2D eigenvalue weighted by atomic mass is 32.1. The Morgan fingerprint density at radius 2 is 1.97 bits per heavy atom. The van der Waals surface area contributed by atoms with Crippen LogP contribution in [-0.2, 0) is 9.53 Å². The number of nitrogens with one attached hydrogen (secondary N) is 1. The lowest BCUT2D eigenvalue weighted by Gasteiger charge is -2.08. The Bertz CT molecular complexity index is 1100. The van der Waals surface area contributed by atoms with Crippen molar-refractivity contribution >= 4 is 34.0 Å². The predicted octanol–water partition coefficient (Wildman–Crippen LogP) is 3.66. The summed E-state index contributed by atoms with van der Waals surface area (Å²) in [4.78, 5) is 38.5. The molecule has 0 aliphatic carbocycles. The van der Waals surface area contributed by atoms with E-state index in [0.29, 0.717) is 11.3 Å². The first-order chi connectivity index (χ1) is 14.4. The van der Waals surface area contributed by atoms with Crippen LogP contribution in [0.2, 0.25) is 0 Å². The van der Waals surface area contributed by atoms with Gasteiger partial charge in [0.25, 0.3) is 5.91 Å². The van der Waals surface area contributed by atoms with E-state index in [0.717, 1.165) is 23.5 Å². The Hall–Kier alpha value is -3.86. The number of esters is 1. The first-order valence-corrected chi connectivity index (χ1v) is 9.26. The molecular formula is C19H14FN3O6S. The zero-order valence-corrected chi connectivity index (χ0v) is 16.3. The molecule has 0 saturated carbocycles. The van der Waals surface area contributed by atoms with Crippen molar-refractivity contribution in [1.29, 1.82) is 0 Å². The van der Waals surface area contributed by atoms with Gasteiger partial charge < -0.3 is 9.47 Å². The van der Waals surface area contributed by atoms with Gasteiger partial charge in [-0.1, -0.05) is 0 Å². The first-order valence-electron chi connectivity index (χ1n) is 8.38. The topological polar surface area (TPSA) is 121 Å². The molecule has 1 aromatic heterocycles. The lowest BCUT2D eigenvalue weighted by atomic mass is 10.2. The maximum atomic E-state index is 13.0. The van der Waals surface area contributed by atoms with Crippen LogP contribution >= 0.6 is 11.3 Å². The van der Waals surface area contributed by atoms with E-state index in [1.54, 1.807) is 17.5 Å². The van der Waals surface area contributed by atoms with Crippen LogP contribution in [0, 0.1) is 15.9 Å². The number of nitrogens with zero attached hydrogens (tertiary/aromatic N) is 2. The quantitative estimate of drug-likeness (QED) is 0.344. The number of anilines is 1. The van der Waals surface area contributed by atoms with Gasteiger partial charge in [0.15, 0.2) is 17.5 Å². The van der Waals surface area contributed by atoms with E-state index in [1.807, 2.05) is 0 Å². The second-order valence-corrected chi connectivity index (χ2v) is 6.67. The summed E-state index contributed by atoms with van der Waals surface area (Å²) >= 11 is 1.15. The summed E-state index contributed by atoms with van der Waals surface area (Å²) in [6.07, 6.45) is 0. The summed E-state index contributed by atoms with van der Waals surface area (Å²) in [5.74, 6) is -1.92. The highest BCUT2D eigenvalue weighted by Gasteiger charge is 2.20. The second kappa shape index (κ2) is 9.09. The monoisotopic (exact) mass is 431 g/mol. The zero-order chi connectivity index (χ0) is 21.7. The molecule has 1 heterocycles. The van der Waals surface area contributed by atoms with Crippen LogP contribution in [0.3, 0.4) is 0 Å². The van der Waals surface area contributed by atoms with E-state index in [4.69, 9.17) is 4.74 Å². The molecule has 0 unspecified atom stereocenters. The Balaban J connectivity index is 1.67. The van der Waals surface area contributed by atoms with Crippen molar-refractivity contribution < 1.29 is 28.4 Å². The third-order valence-electron chi connectivity index (χ3n) is 3.83. The van der Waals surface area contributed by atoms with E-state index < -0.39 is 29.1 Å². The molecule has 0 bridgehead atoms. The summed E-state index contributed by atoms with van der Waals surface area (Å²) in [6.45, 7) is -0.545. The van der Waals surface area contributed by atoms with Gasteiger partial charge in [-0.3, -0.25) is 20.2 Å². The summed E-state index contributed by atoms with van der Waals surface area (Å²) in [5, 5.41) is 15.6. The number of methoxy groups -OCH3 is 1. The fourth-order valence-electron chi connectivity index (χ4n) is 2.41. The molecule has 3 rings (SSSR count). The molecule has 0 saturated heterocycles. The van der Waals surface area contributed by atoms with Gasteiger partial charge in [-0.05, 0) is 30.3 Å². The van der Waals surface area contributed by atoms with Gasteiger partial charge in [0, 0.05) is 23.1 Å². The molecule has 0 atom stereocenters. The van der Waals surface area contributed by atoms with E-state index in [-0.39, 0.29) is 22.3 Å². The lowest BCUT2D eigenvalue weighted by molar-refractivity contribution is -0.385. The average Bonchev–Trinajstić information content (AvgIpc) is 3.20. The van der Waals surface area contributed by atoms with Crippen LogP contribution in [-0.4, -0.2) is 35.5 Å². The van der Waals surface area contributed by atoms with E-state index >= 15 is 0 Å². The van der Waals surface area contributed by atoms with Crippen LogP contribution in [0.5, 0.6) is 5.75 Å². The molecule has 0 aliphatic heterocycles. The third kappa shape index (κ3) is 4.94. The number of halogens is 1. The van der Waals surface area contributed by atoms with E-state index in [1.165, 1.54) is 25.3 Å². The van der Waals surface area contributed by atoms with Gasteiger partial charge in [0.1, 0.15) is 5.82 Å². The predicted molar refractivity (Wildman–Crippen MR) is 106 cm³/mol. The highest BCUT2D eigenvalue weighted by Crippen LogP contribution is 2.29. The molecular weight excluding hydrogens is 417 g/mol. The standard InChI is InChI=1S/C19H14FN3O6S/c1-28-18(25)12-4-7-15(23(26)27)16(8-12)29-9-17(24)22-19-21-14(10-30-19)11-2-5-13(20)6-3-11/h2-8,10H,9H2,1H3,(H,21,22,24). The van der Waals surface area contributed by atoms with Gasteiger partial charge in [0.05, 0.1) is 23.3 Å². The molecule has 3 aromatic rings. The van der Waals surface area contributed by atoms with E-state index in [2.05, 4.69) is 15.0 Å². The number of carbonyl (C=O) groups excluding carboxylic acids is 2. The van der Waals surface area contributed by atoms with Crippen LogP contribution in [0.25, 0.3) is 11.3 Å². The molecule has 0 aliphatic rings. The minimum absolute atomic E-state index is 0.0439. The molecule has 0 spiro atoms. The van der Waals surface area contributed by atoms with Gasteiger partial charge in [-0.15, -0.1) is 11.3 Å². The number of aromatic nitrogens is 1. The number of thiazole rings is 1. The smallest absolute Gasteiger partial charge is 0.337 e. The van der Waals surface area contributed by atoms with Crippen LogP contribution in [0.4, 0.5) is 15.2 Å². The number of rotatable bonds is 7. The SMILES string of the molecule is COC(=O)c1ccc([N+](=O)[O-])c(OCC(=O)Nc2nc(-c3ccc(F)cc3)cs2)c1. The van der Waals surface area contributed by atoms with E-state index in [9.17, 15) is 24.1 Å². The number of hydrogen-bond acceptors (Lipinski definition) is 8. The van der Waals surface area contributed by atoms with Crippen LogP contribution in [0.15, 0.2) is 47.8 Å². The first kappa shape index (κ1) is 20.9. The van der Waals surface area contributed by atoms with Crippen molar-refractivity contribution in [2.45, 2.75) is 0 Å². The molecule has 154 valence electrons. The van der Waals surface area contributed by atoms with Gasteiger partial charge >= 0.3 is 11.7 Å². The molecule has 1 N–H and O–H groups in total. The van der Waals surface area contributed by atoms with Gasteiger partial charge in [0.2, 0.25) is 0 Å². The van der Waals surface area contributed by atoms with Crippen molar-refractivity contribution in [3.63, 3.8) is 0 Å². The number of carbonyl (C=O) groups is 2. The third-order valence-corrected chi connectivity index (χ3v) is 4.58. The molecule has 1 amide bonds. The Morgan fingerprint density at radius 3 is 2.63 bits per heavy atom. The molecule has 0 radical (unpaired) electrons. The summed E-state index contributed by atoms with van der Waals surface area (Å²) in [6, 6.07) is 9.18. The normalized spacial score (nSPS) is 10.3. The highest BCUT2D eigenvalue weighted by molar-refractivity contribution is 7.14. The summed E-state index contributed by atoms with van der Waals surface area (Å²) in [7, 11) is 1.17. The maximum absolute atomic E-state index is 13.0.